The van der Waals surface area contributed by atoms with Gasteiger partial charge >= 0.3 is 0 Å². The quantitative estimate of drug-likeness (QED) is 0.267. The lowest BCUT2D eigenvalue weighted by Crippen LogP contribution is -2.02. The van der Waals surface area contributed by atoms with Crippen molar-refractivity contribution >= 4 is 11.8 Å². The maximum atomic E-state index is 5.86. The number of benzene rings is 2. The van der Waals surface area contributed by atoms with Crippen LogP contribution in [0, 0.1) is 6.92 Å². The Labute approximate surface area is 186 Å². The van der Waals surface area contributed by atoms with E-state index in [9.17, 15) is 0 Å². The van der Waals surface area contributed by atoms with Crippen molar-refractivity contribution in [1.82, 2.24) is 19.7 Å². The van der Waals surface area contributed by atoms with Crippen LogP contribution in [0.2, 0.25) is 0 Å². The molecule has 0 spiro atoms. The van der Waals surface area contributed by atoms with Crippen LogP contribution in [0.5, 0.6) is 11.5 Å². The monoisotopic (exact) mass is 432 g/mol. The van der Waals surface area contributed by atoms with Crippen molar-refractivity contribution in [2.75, 3.05) is 19.5 Å². The molecule has 0 radical (unpaired) electrons. The van der Waals surface area contributed by atoms with Gasteiger partial charge in [0.1, 0.15) is 11.5 Å². The summed E-state index contributed by atoms with van der Waals surface area (Å²) in [7, 11) is 1.66. The summed E-state index contributed by atoms with van der Waals surface area (Å²) < 4.78 is 13.2. The lowest BCUT2D eigenvalue weighted by atomic mass is 10.2. The van der Waals surface area contributed by atoms with E-state index >= 15 is 0 Å². The number of hydrogen-bond donors (Lipinski definition) is 0. The van der Waals surface area contributed by atoms with Gasteiger partial charge in [0.2, 0.25) is 0 Å². The van der Waals surface area contributed by atoms with Gasteiger partial charge in [-0.2, -0.15) is 0 Å². The summed E-state index contributed by atoms with van der Waals surface area (Å²) in [5, 5.41) is 9.77. The van der Waals surface area contributed by atoms with E-state index in [1.807, 2.05) is 48.5 Å². The molecule has 158 valence electrons. The second-order valence-corrected chi connectivity index (χ2v) is 8.00. The average molecular weight is 433 g/mol. The third-order valence-corrected chi connectivity index (χ3v) is 5.70. The molecular formula is C24H24N4O2S. The van der Waals surface area contributed by atoms with Gasteiger partial charge in [-0.25, -0.2) is 0 Å². The summed E-state index contributed by atoms with van der Waals surface area (Å²) in [5.41, 5.74) is 3.15. The highest BCUT2D eigenvalue weighted by Gasteiger charge is 2.16. The van der Waals surface area contributed by atoms with Crippen LogP contribution in [-0.2, 0) is 0 Å². The lowest BCUT2D eigenvalue weighted by molar-refractivity contribution is 0.318. The van der Waals surface area contributed by atoms with Gasteiger partial charge in [-0.05, 0) is 67.4 Å². The van der Waals surface area contributed by atoms with E-state index in [-0.39, 0.29) is 0 Å². The Hall–Kier alpha value is -3.32. The van der Waals surface area contributed by atoms with Crippen LogP contribution in [-0.4, -0.2) is 39.2 Å². The second-order valence-electron chi connectivity index (χ2n) is 6.94. The summed E-state index contributed by atoms with van der Waals surface area (Å²) in [6, 6.07) is 19.9. The Morgan fingerprint density at radius 3 is 2.48 bits per heavy atom. The third kappa shape index (κ3) is 5.24. The topological polar surface area (TPSA) is 62.1 Å². The molecule has 0 unspecified atom stereocenters. The highest BCUT2D eigenvalue weighted by molar-refractivity contribution is 7.99. The first-order chi connectivity index (χ1) is 15.2. The van der Waals surface area contributed by atoms with Crippen LogP contribution in [0.1, 0.15) is 12.0 Å². The molecule has 0 aliphatic carbocycles. The first-order valence-corrected chi connectivity index (χ1v) is 11.1. The molecule has 2 aromatic carbocycles. The molecule has 4 aromatic rings. The molecule has 0 fully saturated rings. The van der Waals surface area contributed by atoms with Crippen LogP contribution in [0.4, 0.5) is 0 Å². The number of aryl methyl sites for hydroxylation is 1. The molecule has 4 rings (SSSR count). The lowest BCUT2D eigenvalue weighted by Gasteiger charge is -2.11. The molecule has 0 N–H and O–H groups in total. The van der Waals surface area contributed by atoms with Crippen LogP contribution >= 0.6 is 11.8 Å². The van der Waals surface area contributed by atoms with E-state index in [1.165, 1.54) is 5.56 Å². The Balaban J connectivity index is 1.48. The summed E-state index contributed by atoms with van der Waals surface area (Å²) in [4.78, 5) is 4.11. The molecule has 0 saturated heterocycles. The fourth-order valence-corrected chi connectivity index (χ4v) is 4.00. The Kier molecular flexibility index (Phi) is 6.84. The molecule has 0 aliphatic rings. The summed E-state index contributed by atoms with van der Waals surface area (Å²) in [6.07, 6.45) is 4.42. The van der Waals surface area contributed by atoms with Crippen LogP contribution in [0.3, 0.4) is 0 Å². The maximum absolute atomic E-state index is 5.86. The summed E-state index contributed by atoms with van der Waals surface area (Å²) in [5.74, 6) is 3.37. The molecule has 6 nitrogen and oxygen atoms in total. The normalized spacial score (nSPS) is 10.8. The van der Waals surface area contributed by atoms with E-state index in [1.54, 1.807) is 31.3 Å². The number of ether oxygens (including phenoxy) is 2. The Morgan fingerprint density at radius 2 is 1.74 bits per heavy atom. The number of pyridine rings is 1. The molecule has 2 aromatic heterocycles. The van der Waals surface area contributed by atoms with Crippen molar-refractivity contribution < 1.29 is 9.47 Å². The van der Waals surface area contributed by atoms with Crippen molar-refractivity contribution in [1.29, 1.82) is 0 Å². The van der Waals surface area contributed by atoms with Gasteiger partial charge in [0, 0.05) is 29.4 Å². The van der Waals surface area contributed by atoms with Crippen molar-refractivity contribution in [3.63, 3.8) is 0 Å². The molecule has 2 heterocycles. The standard InChI is InChI=1S/C24H24N4O2S/c1-18-5-3-6-22(17-18)30-15-4-16-31-24-27-26-23(19-11-13-25-14-12-19)28(24)20-7-9-21(29-2)10-8-20/h3,5-14,17H,4,15-16H2,1-2H3. The van der Waals surface area contributed by atoms with Gasteiger partial charge in [0.05, 0.1) is 13.7 Å². The molecule has 0 atom stereocenters. The molecule has 0 amide bonds. The van der Waals surface area contributed by atoms with Gasteiger partial charge in [0.15, 0.2) is 11.0 Å². The van der Waals surface area contributed by atoms with E-state index < -0.39 is 0 Å². The SMILES string of the molecule is COc1ccc(-n2c(SCCCOc3cccc(C)c3)nnc2-c2ccncc2)cc1. The number of rotatable bonds is 9. The van der Waals surface area contributed by atoms with E-state index in [0.717, 1.165) is 45.9 Å². The van der Waals surface area contributed by atoms with Crippen molar-refractivity contribution in [2.24, 2.45) is 0 Å². The minimum Gasteiger partial charge on any atom is -0.497 e. The van der Waals surface area contributed by atoms with Crippen molar-refractivity contribution in [3.8, 4) is 28.6 Å². The fraction of sp³-hybridized carbons (Fsp3) is 0.208. The highest BCUT2D eigenvalue weighted by Crippen LogP contribution is 2.29. The first-order valence-electron chi connectivity index (χ1n) is 10.1. The fourth-order valence-electron chi connectivity index (χ4n) is 3.13. The smallest absolute Gasteiger partial charge is 0.196 e. The van der Waals surface area contributed by atoms with Gasteiger partial charge in [-0.15, -0.1) is 10.2 Å². The van der Waals surface area contributed by atoms with E-state index in [0.29, 0.717) is 6.61 Å². The molecule has 0 aliphatic heterocycles. The number of aromatic nitrogens is 4. The number of hydrogen-bond acceptors (Lipinski definition) is 6. The zero-order valence-electron chi connectivity index (χ0n) is 17.6. The minimum absolute atomic E-state index is 0.657. The summed E-state index contributed by atoms with van der Waals surface area (Å²) in [6.45, 7) is 2.72. The molecular weight excluding hydrogens is 408 g/mol. The van der Waals surface area contributed by atoms with Crippen LogP contribution in [0.15, 0.2) is 78.2 Å². The highest BCUT2D eigenvalue weighted by atomic mass is 32.2. The van der Waals surface area contributed by atoms with Gasteiger partial charge in [-0.1, -0.05) is 23.9 Å². The number of methoxy groups -OCH3 is 1. The van der Waals surface area contributed by atoms with Crippen molar-refractivity contribution in [2.45, 2.75) is 18.5 Å². The van der Waals surface area contributed by atoms with Gasteiger partial charge < -0.3 is 9.47 Å². The van der Waals surface area contributed by atoms with Crippen LogP contribution < -0.4 is 9.47 Å². The minimum atomic E-state index is 0.657. The van der Waals surface area contributed by atoms with Gasteiger partial charge in [-0.3, -0.25) is 9.55 Å². The average Bonchev–Trinajstić information content (AvgIpc) is 3.23. The van der Waals surface area contributed by atoms with Gasteiger partial charge in [0.25, 0.3) is 0 Å². The van der Waals surface area contributed by atoms with E-state index in [4.69, 9.17) is 9.47 Å². The molecule has 0 saturated carbocycles. The Morgan fingerprint density at radius 1 is 0.935 bits per heavy atom. The summed E-state index contributed by atoms with van der Waals surface area (Å²) >= 11 is 1.67. The molecule has 0 bridgehead atoms. The Bertz CT molecular complexity index is 1110. The van der Waals surface area contributed by atoms with Crippen molar-refractivity contribution in [3.05, 3.63) is 78.6 Å². The maximum Gasteiger partial charge on any atom is 0.196 e. The largest absolute Gasteiger partial charge is 0.497 e. The zero-order valence-corrected chi connectivity index (χ0v) is 18.4. The number of nitrogens with zero attached hydrogens (tertiary/aromatic N) is 4. The van der Waals surface area contributed by atoms with Crippen LogP contribution in [0.25, 0.3) is 17.1 Å². The zero-order chi connectivity index (χ0) is 21.5. The predicted molar refractivity (Wildman–Crippen MR) is 123 cm³/mol. The third-order valence-electron chi connectivity index (χ3n) is 4.68. The predicted octanol–water partition coefficient (Wildman–Crippen LogP) is 5.21. The molecule has 7 heteroatoms. The molecule has 31 heavy (non-hydrogen) atoms. The number of thioether (sulfide) groups is 1. The second kappa shape index (κ2) is 10.1. The van der Waals surface area contributed by atoms with E-state index in [2.05, 4.69) is 38.8 Å². The first kappa shape index (κ1) is 20.9.